The molecule has 1 aromatic carbocycles. The maximum atomic E-state index is 12.3. The predicted molar refractivity (Wildman–Crippen MR) is 110 cm³/mol. The third kappa shape index (κ3) is 4.29. The number of aromatic nitrogens is 2. The van der Waals surface area contributed by atoms with Crippen LogP contribution >= 0.6 is 0 Å². The number of anilines is 1. The Kier molecular flexibility index (Phi) is 5.23. The molecule has 3 aliphatic rings. The molecule has 1 N–H and O–H groups in total. The Morgan fingerprint density at radius 1 is 1.10 bits per heavy atom. The molecule has 7 nitrogen and oxygen atoms in total. The normalized spacial score (nSPS) is 25.0. The Labute approximate surface area is 170 Å². The summed E-state index contributed by atoms with van der Waals surface area (Å²) in [6, 6.07) is 4.66. The third-order valence-corrected chi connectivity index (χ3v) is 6.21. The van der Waals surface area contributed by atoms with E-state index in [2.05, 4.69) is 32.3 Å². The van der Waals surface area contributed by atoms with Crippen molar-refractivity contribution in [3.8, 4) is 5.75 Å². The van der Waals surface area contributed by atoms with Crippen LogP contribution in [-0.4, -0.2) is 54.3 Å². The highest BCUT2D eigenvalue weighted by Crippen LogP contribution is 2.34. The van der Waals surface area contributed by atoms with Gasteiger partial charge >= 0.3 is 0 Å². The summed E-state index contributed by atoms with van der Waals surface area (Å²) >= 11 is 0. The number of hydrogen-bond acceptors (Lipinski definition) is 6. The zero-order valence-corrected chi connectivity index (χ0v) is 16.7. The number of ether oxygens (including phenoxy) is 2. The monoisotopic (exact) mass is 396 g/mol. The highest BCUT2D eigenvalue weighted by atomic mass is 16.5. The molecule has 1 aliphatic heterocycles. The van der Waals surface area contributed by atoms with E-state index in [1.54, 1.807) is 6.33 Å². The summed E-state index contributed by atoms with van der Waals surface area (Å²) in [5.41, 5.74) is 2.02. The van der Waals surface area contributed by atoms with Gasteiger partial charge in [0.15, 0.2) is 0 Å². The summed E-state index contributed by atoms with van der Waals surface area (Å²) < 4.78 is 11.9. The van der Waals surface area contributed by atoms with E-state index in [1.165, 1.54) is 0 Å². The van der Waals surface area contributed by atoms with Crippen molar-refractivity contribution in [2.75, 3.05) is 31.2 Å². The van der Waals surface area contributed by atoms with Gasteiger partial charge in [0.25, 0.3) is 0 Å². The molecule has 3 fully saturated rings. The van der Waals surface area contributed by atoms with Crippen molar-refractivity contribution >= 4 is 22.5 Å². The molecule has 29 heavy (non-hydrogen) atoms. The molecule has 7 heteroatoms. The number of hydrogen-bond donors (Lipinski definition) is 1. The largest absolute Gasteiger partial charge is 0.490 e. The molecule has 0 atom stereocenters. The van der Waals surface area contributed by atoms with Gasteiger partial charge in [-0.05, 0) is 44.6 Å². The van der Waals surface area contributed by atoms with Crippen molar-refractivity contribution in [2.45, 2.75) is 50.7 Å². The molecule has 2 heterocycles. The van der Waals surface area contributed by atoms with Crippen LogP contribution < -0.4 is 15.0 Å². The first-order valence-corrected chi connectivity index (χ1v) is 10.8. The molecule has 2 aliphatic carbocycles. The number of benzene rings is 1. The number of fused-ring (bicyclic) bond motifs is 1. The highest BCUT2D eigenvalue weighted by Gasteiger charge is 2.31. The number of carbonyl (C=O) groups excluding carboxylic acids is 1. The van der Waals surface area contributed by atoms with Crippen LogP contribution in [0.3, 0.4) is 0 Å². The topological polar surface area (TPSA) is 76.6 Å². The number of amides is 1. The molecular weight excluding hydrogens is 368 g/mol. The van der Waals surface area contributed by atoms with Crippen LogP contribution in [-0.2, 0) is 9.53 Å². The first-order chi connectivity index (χ1) is 14.3. The molecule has 2 saturated carbocycles. The lowest BCUT2D eigenvalue weighted by atomic mass is 9.86. The lowest BCUT2D eigenvalue weighted by Crippen LogP contribution is -2.36. The van der Waals surface area contributed by atoms with Gasteiger partial charge in [-0.3, -0.25) is 4.79 Å². The van der Waals surface area contributed by atoms with Gasteiger partial charge in [-0.15, -0.1) is 0 Å². The van der Waals surface area contributed by atoms with Gasteiger partial charge < -0.3 is 19.7 Å². The molecule has 2 aromatic rings. The van der Waals surface area contributed by atoms with E-state index in [1.807, 2.05) is 6.20 Å². The van der Waals surface area contributed by atoms with Gasteiger partial charge in [0.05, 0.1) is 30.2 Å². The molecule has 0 spiro atoms. The number of morpholine rings is 1. The molecule has 5 rings (SSSR count). The molecule has 1 saturated heterocycles. The number of rotatable bonds is 5. The van der Waals surface area contributed by atoms with Crippen molar-refractivity contribution in [3.05, 3.63) is 24.7 Å². The van der Waals surface area contributed by atoms with Crippen LogP contribution in [0.5, 0.6) is 5.75 Å². The minimum atomic E-state index is 0.128. The van der Waals surface area contributed by atoms with Crippen molar-refractivity contribution < 1.29 is 14.3 Å². The molecular formula is C22H28N4O3. The first-order valence-electron chi connectivity index (χ1n) is 10.8. The zero-order valence-electron chi connectivity index (χ0n) is 16.7. The van der Waals surface area contributed by atoms with Crippen LogP contribution in [0.1, 0.15) is 38.5 Å². The number of nitrogens with zero attached hydrogens (tertiary/aromatic N) is 3. The quantitative estimate of drug-likeness (QED) is 0.837. The number of nitrogens with one attached hydrogen (secondary N) is 1. The van der Waals surface area contributed by atoms with Gasteiger partial charge in [0.1, 0.15) is 12.1 Å². The van der Waals surface area contributed by atoms with Gasteiger partial charge in [-0.2, -0.15) is 0 Å². The molecule has 154 valence electrons. The Bertz CT molecular complexity index is 871. The summed E-state index contributed by atoms with van der Waals surface area (Å²) in [7, 11) is 0. The van der Waals surface area contributed by atoms with Gasteiger partial charge in [0.2, 0.25) is 5.91 Å². The Morgan fingerprint density at radius 3 is 2.66 bits per heavy atom. The van der Waals surface area contributed by atoms with Crippen LogP contribution in [0, 0.1) is 5.92 Å². The lowest BCUT2D eigenvalue weighted by molar-refractivity contribution is -0.126. The van der Waals surface area contributed by atoms with Crippen LogP contribution in [0.2, 0.25) is 0 Å². The SMILES string of the molecule is O=C(NC1CC1)[C@H]1CC[C@@H](Oc2cc(N3CCOCC3)cc3ncncc23)CC1. The summed E-state index contributed by atoms with van der Waals surface area (Å²) in [5.74, 6) is 1.21. The standard InChI is InChI=1S/C22H28N4O3/c27-22(25-16-3-4-16)15-1-5-18(6-2-15)29-21-12-17(26-7-9-28-10-8-26)11-20-19(21)13-23-14-24-20/h11-16,18H,1-10H2,(H,25,27)/t15-,18+. The minimum Gasteiger partial charge on any atom is -0.490 e. The van der Waals surface area contributed by atoms with E-state index >= 15 is 0 Å². The predicted octanol–water partition coefficient (Wildman–Crippen LogP) is 2.68. The van der Waals surface area contributed by atoms with E-state index in [-0.39, 0.29) is 17.9 Å². The summed E-state index contributed by atoms with van der Waals surface area (Å²) in [4.78, 5) is 23.3. The van der Waals surface area contributed by atoms with Crippen molar-refractivity contribution in [3.63, 3.8) is 0 Å². The van der Waals surface area contributed by atoms with Gasteiger partial charge in [-0.25, -0.2) is 9.97 Å². The summed E-state index contributed by atoms with van der Waals surface area (Å²) in [6.45, 7) is 3.23. The molecule has 1 aromatic heterocycles. The fraction of sp³-hybridized carbons (Fsp3) is 0.591. The van der Waals surface area contributed by atoms with Crippen LogP contribution in [0.15, 0.2) is 24.7 Å². The molecule has 0 bridgehead atoms. The summed E-state index contributed by atoms with van der Waals surface area (Å²) in [6.07, 6.45) is 9.40. The van der Waals surface area contributed by atoms with E-state index in [0.29, 0.717) is 6.04 Å². The summed E-state index contributed by atoms with van der Waals surface area (Å²) in [5, 5.41) is 4.09. The second-order valence-electron chi connectivity index (χ2n) is 8.37. The van der Waals surface area contributed by atoms with E-state index in [0.717, 1.165) is 87.2 Å². The van der Waals surface area contributed by atoms with Gasteiger partial charge in [-0.1, -0.05) is 0 Å². The Morgan fingerprint density at radius 2 is 1.90 bits per heavy atom. The average Bonchev–Trinajstić information content (AvgIpc) is 3.59. The van der Waals surface area contributed by atoms with Crippen molar-refractivity contribution in [2.24, 2.45) is 5.92 Å². The fourth-order valence-corrected chi connectivity index (χ4v) is 4.31. The molecule has 0 radical (unpaired) electrons. The lowest BCUT2D eigenvalue weighted by Gasteiger charge is -2.31. The van der Waals surface area contributed by atoms with Crippen molar-refractivity contribution in [1.29, 1.82) is 0 Å². The maximum Gasteiger partial charge on any atom is 0.223 e. The van der Waals surface area contributed by atoms with E-state index in [9.17, 15) is 4.79 Å². The Balaban J connectivity index is 1.30. The first kappa shape index (κ1) is 18.6. The molecule has 0 unspecified atom stereocenters. The second-order valence-corrected chi connectivity index (χ2v) is 8.37. The Hall–Kier alpha value is -2.41. The highest BCUT2D eigenvalue weighted by molar-refractivity contribution is 5.88. The molecule has 1 amide bonds. The second kappa shape index (κ2) is 8.14. The minimum absolute atomic E-state index is 0.128. The average molecular weight is 396 g/mol. The van der Waals surface area contributed by atoms with Crippen LogP contribution in [0.25, 0.3) is 10.9 Å². The third-order valence-electron chi connectivity index (χ3n) is 6.21. The fourth-order valence-electron chi connectivity index (χ4n) is 4.31. The van der Waals surface area contributed by atoms with Crippen molar-refractivity contribution in [1.82, 2.24) is 15.3 Å². The van der Waals surface area contributed by atoms with Gasteiger partial charge in [0, 0.05) is 43.0 Å². The zero-order chi connectivity index (χ0) is 19.6. The van der Waals surface area contributed by atoms with E-state index in [4.69, 9.17) is 9.47 Å². The smallest absolute Gasteiger partial charge is 0.223 e. The van der Waals surface area contributed by atoms with Crippen LogP contribution in [0.4, 0.5) is 5.69 Å². The van der Waals surface area contributed by atoms with E-state index < -0.39 is 0 Å². The maximum absolute atomic E-state index is 12.3. The number of carbonyl (C=O) groups is 1.